The molecule has 0 saturated heterocycles. The molecule has 0 amide bonds. The van der Waals surface area contributed by atoms with Crippen LogP contribution in [0.1, 0.15) is 32.8 Å². The van der Waals surface area contributed by atoms with Crippen LogP contribution in [-0.4, -0.2) is 46.1 Å². The molecular formula is C22H30ClN5O3. The van der Waals surface area contributed by atoms with Crippen LogP contribution >= 0.6 is 12.4 Å². The second-order valence-electron chi connectivity index (χ2n) is 6.97. The summed E-state index contributed by atoms with van der Waals surface area (Å²) in [7, 11) is 0. The van der Waals surface area contributed by atoms with Gasteiger partial charge >= 0.3 is 6.01 Å². The minimum Gasteiger partial charge on any atom is -0.490 e. The Balaban J connectivity index is 0.00000341. The lowest BCUT2D eigenvalue weighted by atomic mass is 10.2. The Morgan fingerprint density at radius 2 is 1.87 bits per heavy atom. The van der Waals surface area contributed by atoms with Crippen LogP contribution < -0.4 is 14.8 Å². The number of hydrogen-bond acceptors (Lipinski definition) is 7. The molecule has 3 aromatic rings. The summed E-state index contributed by atoms with van der Waals surface area (Å²) in [6.45, 7) is 8.96. The Kier molecular flexibility index (Phi) is 10.2. The highest BCUT2D eigenvalue weighted by Gasteiger charge is 2.14. The van der Waals surface area contributed by atoms with E-state index >= 15 is 0 Å². The summed E-state index contributed by atoms with van der Waals surface area (Å²) in [4.78, 5) is 0. The molecule has 0 atom stereocenters. The minimum absolute atomic E-state index is 0. The molecule has 0 saturated carbocycles. The Morgan fingerprint density at radius 3 is 2.61 bits per heavy atom. The van der Waals surface area contributed by atoms with E-state index in [1.807, 2.05) is 69.3 Å². The van der Waals surface area contributed by atoms with Crippen LogP contribution in [0, 0.1) is 0 Å². The van der Waals surface area contributed by atoms with Gasteiger partial charge in [-0.25, -0.2) is 0 Å². The number of tetrazole rings is 1. The summed E-state index contributed by atoms with van der Waals surface area (Å²) < 4.78 is 18.9. The Bertz CT molecular complexity index is 905. The highest BCUT2D eigenvalue weighted by atomic mass is 35.5. The zero-order chi connectivity index (χ0) is 21.2. The van der Waals surface area contributed by atoms with Crippen molar-refractivity contribution < 1.29 is 14.2 Å². The van der Waals surface area contributed by atoms with Crippen molar-refractivity contribution in [3.05, 3.63) is 54.1 Å². The molecular weight excluding hydrogens is 418 g/mol. The second-order valence-corrected chi connectivity index (χ2v) is 6.97. The number of halogens is 1. The van der Waals surface area contributed by atoms with Crippen LogP contribution in [0.2, 0.25) is 0 Å². The lowest BCUT2D eigenvalue weighted by Crippen LogP contribution is -2.17. The monoisotopic (exact) mass is 447 g/mol. The highest BCUT2D eigenvalue weighted by molar-refractivity contribution is 5.85. The second kappa shape index (κ2) is 12.9. The first kappa shape index (κ1) is 24.6. The number of nitrogens with zero attached hydrogens (tertiary/aromatic N) is 4. The highest BCUT2D eigenvalue weighted by Crippen LogP contribution is 2.32. The molecule has 0 radical (unpaired) electrons. The fourth-order valence-corrected chi connectivity index (χ4v) is 2.84. The summed E-state index contributed by atoms with van der Waals surface area (Å²) in [6, 6.07) is 15.7. The molecule has 0 spiro atoms. The molecule has 1 N–H and O–H groups in total. The molecule has 168 valence electrons. The molecule has 0 aliphatic carbocycles. The van der Waals surface area contributed by atoms with Gasteiger partial charge in [0.2, 0.25) is 0 Å². The normalized spacial score (nSPS) is 10.7. The van der Waals surface area contributed by atoms with Crippen LogP contribution in [0.25, 0.3) is 5.69 Å². The maximum absolute atomic E-state index is 5.99. The van der Waals surface area contributed by atoms with Crippen molar-refractivity contribution in [3.8, 4) is 23.2 Å². The van der Waals surface area contributed by atoms with Gasteiger partial charge in [0.25, 0.3) is 0 Å². The smallest absolute Gasteiger partial charge is 0.346 e. The SMILES string of the molecule is CCOc1cc(CNCCCOC(C)C)ccc1Oc1nnnn1-c1ccccc1.Cl. The van der Waals surface area contributed by atoms with Crippen molar-refractivity contribution in [3.63, 3.8) is 0 Å². The van der Waals surface area contributed by atoms with Crippen molar-refractivity contribution >= 4 is 12.4 Å². The van der Waals surface area contributed by atoms with Crippen LogP contribution in [0.4, 0.5) is 0 Å². The van der Waals surface area contributed by atoms with E-state index in [2.05, 4.69) is 20.8 Å². The molecule has 2 aromatic carbocycles. The predicted octanol–water partition coefficient (Wildman–Crippen LogP) is 4.18. The van der Waals surface area contributed by atoms with E-state index in [4.69, 9.17) is 14.2 Å². The van der Waals surface area contributed by atoms with Crippen molar-refractivity contribution in [2.75, 3.05) is 19.8 Å². The number of para-hydroxylation sites is 1. The summed E-state index contributed by atoms with van der Waals surface area (Å²) in [6.07, 6.45) is 1.24. The van der Waals surface area contributed by atoms with Gasteiger partial charge in [-0.2, -0.15) is 4.68 Å². The van der Waals surface area contributed by atoms with E-state index < -0.39 is 0 Å². The quantitative estimate of drug-likeness (QED) is 0.417. The minimum atomic E-state index is 0. The molecule has 0 unspecified atom stereocenters. The first-order valence-corrected chi connectivity index (χ1v) is 10.3. The number of rotatable bonds is 12. The van der Waals surface area contributed by atoms with E-state index in [9.17, 15) is 0 Å². The predicted molar refractivity (Wildman–Crippen MR) is 121 cm³/mol. The summed E-state index contributed by atoms with van der Waals surface area (Å²) in [5, 5.41) is 15.2. The molecule has 1 aromatic heterocycles. The molecule has 8 nitrogen and oxygen atoms in total. The zero-order valence-electron chi connectivity index (χ0n) is 18.2. The summed E-state index contributed by atoms with van der Waals surface area (Å²) in [5.74, 6) is 1.22. The fraction of sp³-hybridized carbons (Fsp3) is 0.409. The number of benzene rings is 2. The number of aromatic nitrogens is 4. The van der Waals surface area contributed by atoms with Crippen LogP contribution in [0.3, 0.4) is 0 Å². The van der Waals surface area contributed by atoms with Gasteiger partial charge in [0.05, 0.1) is 18.4 Å². The average Bonchev–Trinajstić information content (AvgIpc) is 3.21. The van der Waals surface area contributed by atoms with E-state index in [0.29, 0.717) is 18.1 Å². The lowest BCUT2D eigenvalue weighted by Gasteiger charge is -2.13. The third-order valence-electron chi connectivity index (χ3n) is 4.23. The summed E-state index contributed by atoms with van der Waals surface area (Å²) in [5.41, 5.74) is 1.93. The van der Waals surface area contributed by atoms with E-state index in [0.717, 1.165) is 37.4 Å². The maximum Gasteiger partial charge on any atom is 0.346 e. The van der Waals surface area contributed by atoms with Gasteiger partial charge in [0.1, 0.15) is 0 Å². The van der Waals surface area contributed by atoms with Crippen molar-refractivity contribution in [2.45, 2.75) is 39.8 Å². The third kappa shape index (κ3) is 7.50. The molecule has 9 heteroatoms. The van der Waals surface area contributed by atoms with Gasteiger partial charge in [-0.1, -0.05) is 29.4 Å². The van der Waals surface area contributed by atoms with Gasteiger partial charge in [-0.05, 0) is 74.0 Å². The molecule has 3 rings (SSSR count). The summed E-state index contributed by atoms with van der Waals surface area (Å²) >= 11 is 0. The largest absolute Gasteiger partial charge is 0.490 e. The molecule has 0 aliphatic heterocycles. The average molecular weight is 448 g/mol. The van der Waals surface area contributed by atoms with E-state index in [1.165, 1.54) is 0 Å². The van der Waals surface area contributed by atoms with Crippen molar-refractivity contribution in [1.82, 2.24) is 25.5 Å². The van der Waals surface area contributed by atoms with Gasteiger partial charge in [0, 0.05) is 13.2 Å². The Hall–Kier alpha value is -2.68. The maximum atomic E-state index is 5.99. The Labute approximate surface area is 189 Å². The molecule has 31 heavy (non-hydrogen) atoms. The standard InChI is InChI=1S/C22H29N5O3.ClH/c1-4-28-21-15-18(16-23-13-8-14-29-17(2)3)11-12-20(21)30-22-24-25-26-27(22)19-9-6-5-7-10-19;/h5-7,9-12,15,17,23H,4,8,13-14,16H2,1-3H3;1H. The lowest BCUT2D eigenvalue weighted by molar-refractivity contribution is 0.0770. The van der Waals surface area contributed by atoms with Crippen LogP contribution in [0.5, 0.6) is 17.5 Å². The molecule has 0 aliphatic rings. The third-order valence-corrected chi connectivity index (χ3v) is 4.23. The topological polar surface area (TPSA) is 83.3 Å². The molecule has 0 bridgehead atoms. The zero-order valence-corrected chi connectivity index (χ0v) is 19.0. The van der Waals surface area contributed by atoms with Gasteiger partial charge in [-0.15, -0.1) is 12.4 Å². The van der Waals surface area contributed by atoms with Gasteiger partial charge in [0.15, 0.2) is 11.5 Å². The fourth-order valence-electron chi connectivity index (χ4n) is 2.84. The first-order chi connectivity index (χ1) is 14.7. The van der Waals surface area contributed by atoms with E-state index in [1.54, 1.807) is 4.68 Å². The number of nitrogens with one attached hydrogen (secondary N) is 1. The Morgan fingerprint density at radius 1 is 1.06 bits per heavy atom. The number of ether oxygens (including phenoxy) is 3. The van der Waals surface area contributed by atoms with E-state index in [-0.39, 0.29) is 24.5 Å². The van der Waals surface area contributed by atoms with Gasteiger partial charge < -0.3 is 19.5 Å². The number of hydrogen-bond donors (Lipinski definition) is 1. The van der Waals surface area contributed by atoms with Gasteiger partial charge in [-0.3, -0.25) is 0 Å². The molecule has 0 fully saturated rings. The van der Waals surface area contributed by atoms with Crippen molar-refractivity contribution in [1.29, 1.82) is 0 Å². The van der Waals surface area contributed by atoms with Crippen molar-refractivity contribution in [2.24, 2.45) is 0 Å². The molecule has 1 heterocycles. The van der Waals surface area contributed by atoms with Crippen LogP contribution in [-0.2, 0) is 11.3 Å². The first-order valence-electron chi connectivity index (χ1n) is 10.3. The van der Waals surface area contributed by atoms with Crippen LogP contribution in [0.15, 0.2) is 48.5 Å².